The summed E-state index contributed by atoms with van der Waals surface area (Å²) >= 11 is 13.4. The molecular formula is C57H75Cl2N3O7. The fourth-order valence-electron chi connectivity index (χ4n) is 9.11. The maximum absolute atomic E-state index is 13.3. The lowest BCUT2D eigenvalue weighted by atomic mass is 9.64. The van der Waals surface area contributed by atoms with Gasteiger partial charge in [0.05, 0.1) is 25.3 Å². The molecule has 1 N–H and O–H groups in total. The molecule has 0 fully saturated rings. The molecule has 0 bridgehead atoms. The Morgan fingerprint density at radius 1 is 0.768 bits per heavy atom. The predicted octanol–water partition coefficient (Wildman–Crippen LogP) is 13.0. The van der Waals surface area contributed by atoms with Gasteiger partial charge in [-0.3, -0.25) is 19.5 Å². The van der Waals surface area contributed by atoms with Crippen molar-refractivity contribution in [3.05, 3.63) is 134 Å². The van der Waals surface area contributed by atoms with E-state index >= 15 is 0 Å². The third-order valence-electron chi connectivity index (χ3n) is 13.4. The number of esters is 2. The van der Waals surface area contributed by atoms with Gasteiger partial charge in [-0.15, -0.1) is 0 Å². The van der Waals surface area contributed by atoms with Crippen LogP contribution in [-0.4, -0.2) is 59.5 Å². The number of hydrogen-bond acceptors (Lipinski definition) is 9. The summed E-state index contributed by atoms with van der Waals surface area (Å²) in [6.45, 7) is 25.8. The summed E-state index contributed by atoms with van der Waals surface area (Å²) in [5, 5.41) is 11.8. The number of methoxy groups -OCH3 is 2. The van der Waals surface area contributed by atoms with Crippen LogP contribution in [0.4, 0.5) is 5.82 Å². The quantitative estimate of drug-likeness (QED) is 0.103. The summed E-state index contributed by atoms with van der Waals surface area (Å²) in [6, 6.07) is 18.9. The first-order chi connectivity index (χ1) is 32.2. The Morgan fingerprint density at radius 2 is 1.30 bits per heavy atom. The fourth-order valence-corrected chi connectivity index (χ4v) is 9.66. The number of aryl methyl sites for hydroxylation is 2. The minimum absolute atomic E-state index is 0.0119. The first-order valence-corrected chi connectivity index (χ1v) is 24.7. The number of halogens is 2. The van der Waals surface area contributed by atoms with E-state index in [-0.39, 0.29) is 59.7 Å². The summed E-state index contributed by atoms with van der Waals surface area (Å²) in [7, 11) is 2.64. The Morgan fingerprint density at radius 3 is 1.74 bits per heavy atom. The van der Waals surface area contributed by atoms with E-state index in [4.69, 9.17) is 32.7 Å². The van der Waals surface area contributed by atoms with Crippen molar-refractivity contribution >= 4 is 52.6 Å². The number of carbonyl (C=O) groups excluding carboxylic acids is 4. The molecule has 10 nitrogen and oxygen atoms in total. The van der Waals surface area contributed by atoms with Crippen molar-refractivity contribution in [2.75, 3.05) is 25.7 Å². The van der Waals surface area contributed by atoms with Crippen LogP contribution in [0.25, 0.3) is 0 Å². The number of anilines is 1. The fraction of sp³-hybridized carbons (Fsp3) is 0.509. The Bertz CT molecular complexity index is 2450. The van der Waals surface area contributed by atoms with E-state index in [1.807, 2.05) is 25.3 Å². The van der Waals surface area contributed by atoms with Crippen LogP contribution in [0.15, 0.2) is 84.8 Å². The van der Waals surface area contributed by atoms with Crippen molar-refractivity contribution in [1.82, 2.24) is 9.97 Å². The summed E-state index contributed by atoms with van der Waals surface area (Å²) in [6.07, 6.45) is 9.33. The minimum Gasteiger partial charge on any atom is -0.465 e. The van der Waals surface area contributed by atoms with Crippen LogP contribution < -0.4 is 4.90 Å². The summed E-state index contributed by atoms with van der Waals surface area (Å²) < 4.78 is 9.44. The molecule has 2 aromatic carbocycles. The van der Waals surface area contributed by atoms with Crippen LogP contribution in [0.1, 0.15) is 157 Å². The van der Waals surface area contributed by atoms with E-state index in [2.05, 4.69) is 110 Å². The van der Waals surface area contributed by atoms with Crippen LogP contribution in [-0.2, 0) is 49.2 Å². The highest BCUT2D eigenvalue weighted by molar-refractivity contribution is 6.31. The van der Waals surface area contributed by atoms with Crippen molar-refractivity contribution < 1.29 is 33.8 Å². The van der Waals surface area contributed by atoms with Gasteiger partial charge in [0.2, 0.25) is 5.91 Å². The van der Waals surface area contributed by atoms with Crippen LogP contribution in [0, 0.1) is 28.6 Å². The SMILES string of the molecule is COC(=O)c1ccc(CC(=O)C[C@@](C)(c2ccc(CCC(C)(C)C)c(Cl)c2)C(CO)C(C)C)nc1.COC(=O)c1ccc(N2C=C(C(C)C)[C@](C)(c3ccc(CCC(C)(C)C)c(Cl)c3)CC2=O)nc1. The Hall–Kier alpha value is -4.90. The van der Waals surface area contributed by atoms with Gasteiger partial charge in [0.1, 0.15) is 11.6 Å². The molecule has 3 heterocycles. The van der Waals surface area contributed by atoms with Crippen molar-refractivity contribution in [2.45, 2.75) is 139 Å². The number of ketones is 1. The summed E-state index contributed by atoms with van der Waals surface area (Å²) in [4.78, 5) is 60.1. The Balaban J connectivity index is 0.000000301. The van der Waals surface area contributed by atoms with Gasteiger partial charge < -0.3 is 14.6 Å². The van der Waals surface area contributed by atoms with E-state index in [1.54, 1.807) is 29.2 Å². The van der Waals surface area contributed by atoms with Crippen molar-refractivity contribution in [3.63, 3.8) is 0 Å². The normalized spacial score (nSPS) is 16.6. The topological polar surface area (TPSA) is 136 Å². The van der Waals surface area contributed by atoms with Crippen LogP contribution in [0.5, 0.6) is 0 Å². The molecule has 374 valence electrons. The van der Waals surface area contributed by atoms with Gasteiger partial charge in [-0.2, -0.15) is 0 Å². The van der Waals surface area contributed by atoms with E-state index in [9.17, 15) is 24.3 Å². The number of ether oxygens (including phenoxy) is 2. The molecule has 5 rings (SSSR count). The number of rotatable bonds is 17. The Kier molecular flexibility index (Phi) is 19.6. The molecule has 69 heavy (non-hydrogen) atoms. The first-order valence-electron chi connectivity index (χ1n) is 24.0. The number of allylic oxidation sites excluding steroid dienone is 1. The zero-order valence-corrected chi connectivity index (χ0v) is 44.9. The molecule has 0 spiro atoms. The molecule has 0 aliphatic carbocycles. The van der Waals surface area contributed by atoms with Crippen LogP contribution in [0.3, 0.4) is 0 Å². The van der Waals surface area contributed by atoms with Crippen molar-refractivity contribution in [3.8, 4) is 0 Å². The molecule has 1 unspecified atom stereocenters. The number of pyridine rings is 2. The zero-order valence-electron chi connectivity index (χ0n) is 43.4. The number of benzene rings is 2. The van der Waals surface area contributed by atoms with Gasteiger partial charge in [0.25, 0.3) is 0 Å². The number of aliphatic hydroxyl groups excluding tert-OH is 1. The molecule has 0 saturated carbocycles. The highest BCUT2D eigenvalue weighted by Gasteiger charge is 2.42. The second kappa shape index (κ2) is 23.8. The maximum atomic E-state index is 13.3. The van der Waals surface area contributed by atoms with Gasteiger partial charge >= 0.3 is 11.9 Å². The van der Waals surface area contributed by atoms with E-state index < -0.39 is 22.8 Å². The number of amides is 1. The maximum Gasteiger partial charge on any atom is 0.339 e. The molecule has 0 radical (unpaired) electrons. The van der Waals surface area contributed by atoms with Crippen molar-refractivity contribution in [2.24, 2.45) is 28.6 Å². The molecule has 1 amide bonds. The van der Waals surface area contributed by atoms with Gasteiger partial charge in [0.15, 0.2) is 0 Å². The van der Waals surface area contributed by atoms with Crippen molar-refractivity contribution in [1.29, 1.82) is 0 Å². The highest BCUT2D eigenvalue weighted by Crippen LogP contribution is 2.45. The average molecular weight is 985 g/mol. The highest BCUT2D eigenvalue weighted by atomic mass is 35.5. The standard InChI is InChI=1S/C29H40ClNO4.C28H35ClN2O3/c1-19(2)25(18-32)29(6,22-10-8-20(26(30)14-22)12-13-28(3,4)5)16-24(33)15-23-11-9-21(17-31-23)27(34)35-7;1-18(2)22-17-31(24-11-9-20(16-30-24)26(33)34-7)25(32)15-28(22,6)21-10-8-19(23(29)14-21)12-13-27(3,4)5/h8-11,14,17,19,25,32H,12-13,15-16,18H2,1-7H3;8-11,14,16-18H,12-13,15H2,1-7H3/t25?,29-;28-/m00/s1. The molecule has 2 aromatic heterocycles. The first kappa shape index (κ1) is 56.7. The van der Waals surface area contributed by atoms with Gasteiger partial charge in [0, 0.05) is 71.0 Å². The largest absolute Gasteiger partial charge is 0.465 e. The second-order valence-electron chi connectivity index (χ2n) is 22.0. The van der Waals surface area contributed by atoms with Gasteiger partial charge in [-0.05, 0) is 118 Å². The molecule has 1 aliphatic rings. The van der Waals surface area contributed by atoms with E-state index in [1.165, 1.54) is 26.6 Å². The number of hydrogen-bond donors (Lipinski definition) is 1. The molecule has 0 saturated heterocycles. The molecule has 4 aromatic rings. The molecule has 1 aliphatic heterocycles. The third kappa shape index (κ3) is 15.1. The third-order valence-corrected chi connectivity index (χ3v) is 14.1. The van der Waals surface area contributed by atoms with E-state index in [0.29, 0.717) is 34.1 Å². The monoisotopic (exact) mass is 983 g/mol. The second-order valence-corrected chi connectivity index (χ2v) is 22.8. The number of aromatic nitrogens is 2. The molecule has 12 heteroatoms. The number of Topliss-reactive ketones (excluding diaryl/α,β-unsaturated/α-hetero) is 1. The molecule has 3 atom stereocenters. The number of aliphatic hydroxyl groups is 1. The van der Waals surface area contributed by atoms with E-state index in [0.717, 1.165) is 58.5 Å². The minimum atomic E-state index is -0.599. The van der Waals surface area contributed by atoms with Gasteiger partial charge in [-0.1, -0.05) is 131 Å². The lowest BCUT2D eigenvalue weighted by Gasteiger charge is -2.41. The predicted molar refractivity (Wildman–Crippen MR) is 278 cm³/mol. The number of carbonyl (C=O) groups is 4. The molecular weight excluding hydrogens is 910 g/mol. The Labute approximate surface area is 421 Å². The van der Waals surface area contributed by atoms with Crippen LogP contribution >= 0.6 is 23.2 Å². The number of nitrogens with zero attached hydrogens (tertiary/aromatic N) is 3. The lowest BCUT2D eigenvalue weighted by molar-refractivity contribution is -0.121. The van der Waals surface area contributed by atoms with Crippen LogP contribution in [0.2, 0.25) is 10.0 Å². The zero-order chi connectivity index (χ0) is 51.6. The summed E-state index contributed by atoms with van der Waals surface area (Å²) in [5.74, 6) is -0.253. The smallest absolute Gasteiger partial charge is 0.339 e. The van der Waals surface area contributed by atoms with Gasteiger partial charge in [-0.25, -0.2) is 14.6 Å². The lowest BCUT2D eigenvalue weighted by Crippen LogP contribution is -2.42. The summed E-state index contributed by atoms with van der Waals surface area (Å²) in [5.41, 5.74) is 6.01. The average Bonchev–Trinajstić information content (AvgIpc) is 3.27.